The molecular weight excluding hydrogens is 432 g/mol. The Balaban J connectivity index is 2.01. The van der Waals surface area contributed by atoms with E-state index >= 15 is 0 Å². The molecule has 2 amide bonds. The number of ether oxygens (including phenoxy) is 1. The van der Waals surface area contributed by atoms with E-state index in [1.165, 1.54) is 11.3 Å². The number of hydrogen-bond donors (Lipinski definition) is 2. The van der Waals surface area contributed by atoms with Crippen LogP contribution >= 0.6 is 0 Å². The predicted octanol–water partition coefficient (Wildman–Crippen LogP) is 4.78. The van der Waals surface area contributed by atoms with Gasteiger partial charge in [-0.05, 0) is 43.9 Å². The number of carbonyl (C=O) groups is 3. The minimum Gasteiger partial charge on any atom is -0.497 e. The Bertz CT molecular complexity index is 983. The number of rotatable bonds is 10. The molecule has 7 nitrogen and oxygen atoms in total. The number of benzene rings is 2. The van der Waals surface area contributed by atoms with Crippen molar-refractivity contribution in [2.75, 3.05) is 12.0 Å². The van der Waals surface area contributed by atoms with Crippen LogP contribution in [0, 0.1) is 6.92 Å². The molecule has 182 valence electrons. The van der Waals surface area contributed by atoms with Gasteiger partial charge in [0.1, 0.15) is 11.8 Å². The number of hydrogen-bond acceptors (Lipinski definition) is 4. The van der Waals surface area contributed by atoms with Gasteiger partial charge in [0.2, 0.25) is 11.8 Å². The van der Waals surface area contributed by atoms with Crippen LogP contribution in [0.4, 0.5) is 5.69 Å². The van der Waals surface area contributed by atoms with Crippen LogP contribution in [0.5, 0.6) is 5.75 Å². The molecule has 0 heterocycles. The van der Waals surface area contributed by atoms with Gasteiger partial charge in [-0.15, -0.1) is 0 Å². The van der Waals surface area contributed by atoms with Gasteiger partial charge >= 0.3 is 5.97 Å². The van der Waals surface area contributed by atoms with Crippen LogP contribution in [0.25, 0.3) is 0 Å². The molecule has 3 rings (SSSR count). The molecule has 1 aliphatic carbocycles. The molecule has 0 saturated heterocycles. The fourth-order valence-electron chi connectivity index (χ4n) is 4.40. The molecule has 0 bridgehead atoms. The molecule has 2 N–H and O–H groups in total. The highest BCUT2D eigenvalue weighted by Gasteiger charge is 2.34. The smallest absolute Gasteiger partial charge is 0.303 e. The third-order valence-electron chi connectivity index (χ3n) is 6.23. The van der Waals surface area contributed by atoms with Crippen LogP contribution in [0.1, 0.15) is 68.5 Å². The summed E-state index contributed by atoms with van der Waals surface area (Å²) < 4.78 is 5.36. The van der Waals surface area contributed by atoms with Gasteiger partial charge in [0.25, 0.3) is 0 Å². The number of carbonyl (C=O) groups excluding carboxylic acids is 2. The first kappa shape index (κ1) is 25.3. The summed E-state index contributed by atoms with van der Waals surface area (Å²) in [6, 6.07) is 13.9. The lowest BCUT2D eigenvalue weighted by Crippen LogP contribution is -2.47. The number of carboxylic acid groups (broad SMARTS) is 1. The quantitative estimate of drug-likeness (QED) is 0.525. The third kappa shape index (κ3) is 6.83. The minimum absolute atomic E-state index is 0.0164. The molecule has 1 unspecified atom stereocenters. The Morgan fingerprint density at radius 2 is 1.76 bits per heavy atom. The summed E-state index contributed by atoms with van der Waals surface area (Å²) in [7, 11) is 1.55. The Labute approximate surface area is 201 Å². The van der Waals surface area contributed by atoms with E-state index in [0.717, 1.165) is 31.2 Å². The fourth-order valence-corrected chi connectivity index (χ4v) is 4.40. The van der Waals surface area contributed by atoms with Crippen LogP contribution in [0.2, 0.25) is 0 Å². The molecule has 2 aromatic rings. The Kier molecular flexibility index (Phi) is 9.08. The van der Waals surface area contributed by atoms with Gasteiger partial charge in [0.05, 0.1) is 7.11 Å². The lowest BCUT2D eigenvalue weighted by atomic mass is 9.94. The average molecular weight is 467 g/mol. The molecule has 7 heteroatoms. The summed E-state index contributed by atoms with van der Waals surface area (Å²) in [6.45, 7) is 1.97. The minimum atomic E-state index is -0.953. The first-order valence-corrected chi connectivity index (χ1v) is 11.9. The Morgan fingerprint density at radius 3 is 2.41 bits per heavy atom. The standard InChI is InChI=1S/C27H34N2O5/c1-19-14-16-20(17-15-19)26(27(33)28-21-8-4-3-5-9-21)29(24(30)12-7-13-25(31)32)22-10-6-11-23(18-22)34-2/h6,10-11,14-18,21,26H,3-5,7-9,12-13H2,1-2H3,(H,28,33)(H,31,32). The normalized spacial score (nSPS) is 14.8. The molecule has 1 aliphatic rings. The number of methoxy groups -OCH3 is 1. The molecule has 0 aliphatic heterocycles. The molecule has 1 saturated carbocycles. The summed E-state index contributed by atoms with van der Waals surface area (Å²) in [6.07, 6.45) is 5.28. The number of aliphatic carboxylic acids is 1. The van der Waals surface area contributed by atoms with Gasteiger partial charge in [0.15, 0.2) is 0 Å². The number of anilines is 1. The van der Waals surface area contributed by atoms with Crippen molar-refractivity contribution in [1.82, 2.24) is 5.32 Å². The van der Waals surface area contributed by atoms with E-state index < -0.39 is 12.0 Å². The predicted molar refractivity (Wildman–Crippen MR) is 131 cm³/mol. The van der Waals surface area contributed by atoms with Crippen molar-refractivity contribution in [3.63, 3.8) is 0 Å². The van der Waals surface area contributed by atoms with Crippen molar-refractivity contribution in [3.8, 4) is 5.75 Å². The van der Waals surface area contributed by atoms with Gasteiger partial charge in [-0.1, -0.05) is 55.2 Å². The Morgan fingerprint density at radius 1 is 1.06 bits per heavy atom. The van der Waals surface area contributed by atoms with E-state index in [2.05, 4.69) is 5.32 Å². The van der Waals surface area contributed by atoms with E-state index in [1.54, 1.807) is 31.4 Å². The van der Waals surface area contributed by atoms with Crippen LogP contribution in [0.3, 0.4) is 0 Å². The van der Waals surface area contributed by atoms with E-state index in [9.17, 15) is 14.4 Å². The lowest BCUT2D eigenvalue weighted by molar-refractivity contribution is -0.137. The number of aryl methyl sites for hydroxylation is 1. The average Bonchev–Trinajstić information content (AvgIpc) is 2.83. The van der Waals surface area contributed by atoms with Gasteiger partial charge in [-0.2, -0.15) is 0 Å². The van der Waals surface area contributed by atoms with Gasteiger partial charge < -0.3 is 15.2 Å². The van der Waals surface area contributed by atoms with Crippen molar-refractivity contribution in [2.24, 2.45) is 0 Å². The Hall–Kier alpha value is -3.35. The number of nitrogens with zero attached hydrogens (tertiary/aromatic N) is 1. The van der Waals surface area contributed by atoms with Crippen molar-refractivity contribution in [1.29, 1.82) is 0 Å². The van der Waals surface area contributed by atoms with Crippen molar-refractivity contribution < 1.29 is 24.2 Å². The molecule has 0 spiro atoms. The monoisotopic (exact) mass is 466 g/mol. The highest BCUT2D eigenvalue weighted by atomic mass is 16.5. The maximum absolute atomic E-state index is 13.7. The summed E-state index contributed by atoms with van der Waals surface area (Å²) in [5.74, 6) is -0.925. The second-order valence-electron chi connectivity index (χ2n) is 8.87. The first-order chi connectivity index (χ1) is 16.4. The zero-order chi connectivity index (χ0) is 24.5. The second kappa shape index (κ2) is 12.2. The molecule has 0 radical (unpaired) electrons. The SMILES string of the molecule is COc1cccc(N(C(=O)CCCC(=O)O)C(C(=O)NC2CCCCC2)c2ccc(C)cc2)c1. The van der Waals surface area contributed by atoms with Crippen LogP contribution in [0.15, 0.2) is 48.5 Å². The first-order valence-electron chi connectivity index (χ1n) is 11.9. The number of amides is 2. The fraction of sp³-hybridized carbons (Fsp3) is 0.444. The van der Waals surface area contributed by atoms with Gasteiger partial charge in [-0.3, -0.25) is 19.3 Å². The third-order valence-corrected chi connectivity index (χ3v) is 6.23. The summed E-state index contributed by atoms with van der Waals surface area (Å²) in [5, 5.41) is 12.2. The largest absolute Gasteiger partial charge is 0.497 e. The molecule has 1 fully saturated rings. The van der Waals surface area contributed by atoms with E-state index in [-0.39, 0.29) is 37.1 Å². The molecular formula is C27H34N2O5. The highest BCUT2D eigenvalue weighted by Crippen LogP contribution is 2.32. The molecule has 2 aromatic carbocycles. The number of carboxylic acids is 1. The van der Waals surface area contributed by atoms with E-state index in [4.69, 9.17) is 9.84 Å². The summed E-state index contributed by atoms with van der Waals surface area (Å²) in [5.41, 5.74) is 2.29. The van der Waals surface area contributed by atoms with Crippen molar-refractivity contribution in [2.45, 2.75) is 70.4 Å². The van der Waals surface area contributed by atoms with E-state index in [1.807, 2.05) is 31.2 Å². The van der Waals surface area contributed by atoms with Crippen LogP contribution < -0.4 is 15.0 Å². The molecule has 1 atom stereocenters. The second-order valence-corrected chi connectivity index (χ2v) is 8.87. The van der Waals surface area contributed by atoms with Gasteiger partial charge in [-0.25, -0.2) is 0 Å². The molecule has 34 heavy (non-hydrogen) atoms. The van der Waals surface area contributed by atoms with Crippen molar-refractivity contribution in [3.05, 3.63) is 59.7 Å². The van der Waals surface area contributed by atoms with Gasteiger partial charge in [0, 0.05) is 30.6 Å². The summed E-state index contributed by atoms with van der Waals surface area (Å²) in [4.78, 5) is 39.7. The zero-order valence-corrected chi connectivity index (χ0v) is 20.0. The van der Waals surface area contributed by atoms with Crippen LogP contribution in [-0.2, 0) is 14.4 Å². The van der Waals surface area contributed by atoms with Crippen molar-refractivity contribution >= 4 is 23.5 Å². The van der Waals surface area contributed by atoms with E-state index in [0.29, 0.717) is 17.0 Å². The van der Waals surface area contributed by atoms with Crippen LogP contribution in [-0.4, -0.2) is 36.0 Å². The maximum atomic E-state index is 13.7. The summed E-state index contributed by atoms with van der Waals surface area (Å²) >= 11 is 0. The highest BCUT2D eigenvalue weighted by molar-refractivity contribution is 6.01. The molecule has 0 aromatic heterocycles. The topological polar surface area (TPSA) is 95.9 Å². The number of nitrogens with one attached hydrogen (secondary N) is 1. The zero-order valence-electron chi connectivity index (χ0n) is 20.0. The maximum Gasteiger partial charge on any atom is 0.303 e. The lowest BCUT2D eigenvalue weighted by Gasteiger charge is -2.33.